The van der Waals surface area contributed by atoms with Crippen LogP contribution in [0.2, 0.25) is 0 Å². The predicted octanol–water partition coefficient (Wildman–Crippen LogP) is 1.53. The highest BCUT2D eigenvalue weighted by molar-refractivity contribution is 8.14. The van der Waals surface area contributed by atoms with E-state index in [1.165, 1.54) is 11.8 Å². The van der Waals surface area contributed by atoms with Crippen LogP contribution in [0.1, 0.15) is 20.3 Å². The summed E-state index contributed by atoms with van der Waals surface area (Å²) in [7, 11) is 0. The van der Waals surface area contributed by atoms with Gasteiger partial charge in [0.15, 0.2) is 5.44 Å². The third kappa shape index (κ3) is 4.09. The molecule has 86 valence electrons. The molecule has 0 saturated heterocycles. The smallest absolute Gasteiger partial charge is 0.450 e. The summed E-state index contributed by atoms with van der Waals surface area (Å²) < 4.78 is 4.61. The van der Waals surface area contributed by atoms with Gasteiger partial charge in [0, 0.05) is 12.5 Å². The molecule has 1 aliphatic rings. The minimum Gasteiger partial charge on any atom is -0.450 e. The molecule has 6 heteroatoms. The lowest BCUT2D eigenvalue weighted by atomic mass is 10.0. The molecular formula is C9H16N2O3S. The standard InChI is InChI=1S/C9H16N2O3S/c1-5(2)6(10)3-7-11-4-8(15-7)14-9(12)13/h5-6,8H,3-4,10H2,1-2H3,(H,12,13). The summed E-state index contributed by atoms with van der Waals surface area (Å²) in [5.74, 6) is 0.396. The maximum Gasteiger partial charge on any atom is 0.506 e. The van der Waals surface area contributed by atoms with Crippen LogP contribution in [0.15, 0.2) is 4.99 Å². The molecule has 0 radical (unpaired) electrons. The van der Waals surface area contributed by atoms with Gasteiger partial charge in [0.25, 0.3) is 0 Å². The number of rotatable bonds is 4. The quantitative estimate of drug-likeness (QED) is 0.718. The van der Waals surface area contributed by atoms with Gasteiger partial charge in [0.1, 0.15) is 0 Å². The molecule has 0 aromatic heterocycles. The van der Waals surface area contributed by atoms with Crippen molar-refractivity contribution in [3.05, 3.63) is 0 Å². The first-order valence-electron chi connectivity index (χ1n) is 4.84. The Morgan fingerprint density at radius 3 is 3.00 bits per heavy atom. The van der Waals surface area contributed by atoms with Crippen LogP contribution in [0.25, 0.3) is 0 Å². The third-order valence-corrected chi connectivity index (χ3v) is 3.26. The molecule has 2 atom stereocenters. The topological polar surface area (TPSA) is 84.9 Å². The third-order valence-electron chi connectivity index (χ3n) is 2.18. The summed E-state index contributed by atoms with van der Waals surface area (Å²) in [6.45, 7) is 4.50. The highest BCUT2D eigenvalue weighted by atomic mass is 32.2. The summed E-state index contributed by atoms with van der Waals surface area (Å²) in [4.78, 5) is 14.5. The predicted molar refractivity (Wildman–Crippen MR) is 60.2 cm³/mol. The molecule has 5 nitrogen and oxygen atoms in total. The monoisotopic (exact) mass is 232 g/mol. The lowest BCUT2D eigenvalue weighted by Crippen LogP contribution is -2.28. The van der Waals surface area contributed by atoms with Gasteiger partial charge in [-0.1, -0.05) is 25.6 Å². The molecule has 1 aliphatic heterocycles. The molecular weight excluding hydrogens is 216 g/mol. The van der Waals surface area contributed by atoms with Crippen molar-refractivity contribution in [1.82, 2.24) is 0 Å². The van der Waals surface area contributed by atoms with Crippen LogP contribution >= 0.6 is 11.8 Å². The van der Waals surface area contributed by atoms with Crippen LogP contribution < -0.4 is 5.73 Å². The summed E-state index contributed by atoms with van der Waals surface area (Å²) in [5.41, 5.74) is 5.50. The summed E-state index contributed by atoms with van der Waals surface area (Å²) in [6, 6.07) is 0.0693. The Hall–Kier alpha value is -0.750. The van der Waals surface area contributed by atoms with Crippen molar-refractivity contribution >= 4 is 23.0 Å². The van der Waals surface area contributed by atoms with Crippen LogP contribution in [-0.4, -0.2) is 34.3 Å². The number of hydrogen-bond donors (Lipinski definition) is 2. The Labute approximate surface area is 93.1 Å². The lowest BCUT2D eigenvalue weighted by Gasteiger charge is -2.15. The maximum atomic E-state index is 10.3. The number of hydrogen-bond acceptors (Lipinski definition) is 5. The van der Waals surface area contributed by atoms with Crippen LogP contribution in [-0.2, 0) is 4.74 Å². The molecule has 0 aromatic rings. The van der Waals surface area contributed by atoms with Crippen LogP contribution in [0.3, 0.4) is 0 Å². The molecule has 0 amide bonds. The molecule has 3 N–H and O–H groups in total. The Bertz CT molecular complexity index is 268. The zero-order valence-electron chi connectivity index (χ0n) is 8.84. The minimum atomic E-state index is -1.25. The zero-order chi connectivity index (χ0) is 11.4. The van der Waals surface area contributed by atoms with Crippen molar-refractivity contribution < 1.29 is 14.6 Å². The molecule has 15 heavy (non-hydrogen) atoms. The van der Waals surface area contributed by atoms with E-state index in [2.05, 4.69) is 23.6 Å². The zero-order valence-corrected chi connectivity index (χ0v) is 9.66. The van der Waals surface area contributed by atoms with Crippen molar-refractivity contribution in [2.24, 2.45) is 16.6 Å². The van der Waals surface area contributed by atoms with E-state index in [1.807, 2.05) is 0 Å². The first kappa shape index (κ1) is 12.3. The van der Waals surface area contributed by atoms with Crippen LogP contribution in [0.5, 0.6) is 0 Å². The summed E-state index contributed by atoms with van der Waals surface area (Å²) >= 11 is 1.35. The number of carboxylic acid groups (broad SMARTS) is 1. The highest BCUT2D eigenvalue weighted by Gasteiger charge is 2.24. The normalized spacial score (nSPS) is 22.7. The molecule has 0 saturated carbocycles. The van der Waals surface area contributed by atoms with Crippen molar-refractivity contribution in [1.29, 1.82) is 0 Å². The SMILES string of the molecule is CC(C)C(N)CC1=NCC(OC(=O)O)S1. The molecule has 1 heterocycles. The molecule has 0 aliphatic carbocycles. The Kier molecular flexibility index (Phi) is 4.41. The average molecular weight is 232 g/mol. The van der Waals surface area contributed by atoms with E-state index in [9.17, 15) is 4.79 Å². The van der Waals surface area contributed by atoms with Gasteiger partial charge in [0.05, 0.1) is 11.6 Å². The Balaban J connectivity index is 2.32. The number of nitrogens with two attached hydrogens (primary N) is 1. The maximum absolute atomic E-state index is 10.3. The van der Waals surface area contributed by atoms with Gasteiger partial charge in [-0.05, 0) is 5.92 Å². The van der Waals surface area contributed by atoms with E-state index in [-0.39, 0.29) is 6.04 Å². The largest absolute Gasteiger partial charge is 0.506 e. The minimum absolute atomic E-state index is 0.0693. The van der Waals surface area contributed by atoms with Crippen molar-refractivity contribution in [3.8, 4) is 0 Å². The van der Waals surface area contributed by atoms with E-state index in [0.717, 1.165) is 5.04 Å². The van der Waals surface area contributed by atoms with Crippen molar-refractivity contribution in [2.45, 2.75) is 31.7 Å². The van der Waals surface area contributed by atoms with E-state index in [4.69, 9.17) is 10.8 Å². The summed E-state index contributed by atoms with van der Waals surface area (Å²) in [5, 5.41) is 9.31. The molecule has 0 aromatic carbocycles. The molecule has 0 fully saturated rings. The second kappa shape index (κ2) is 5.37. The molecule has 1 rings (SSSR count). The van der Waals surface area contributed by atoms with Gasteiger partial charge in [0.2, 0.25) is 0 Å². The van der Waals surface area contributed by atoms with E-state index < -0.39 is 11.6 Å². The fraction of sp³-hybridized carbons (Fsp3) is 0.778. The fourth-order valence-corrected chi connectivity index (χ4v) is 2.15. The average Bonchev–Trinajstić information content (AvgIpc) is 2.51. The number of aliphatic imine (C=N–C) groups is 1. The number of nitrogens with zero attached hydrogens (tertiary/aromatic N) is 1. The van der Waals surface area contributed by atoms with Gasteiger partial charge >= 0.3 is 6.16 Å². The number of thioether (sulfide) groups is 1. The number of ether oxygens (including phenoxy) is 1. The summed E-state index contributed by atoms with van der Waals surface area (Å²) in [6.07, 6.45) is -0.556. The van der Waals surface area contributed by atoms with Crippen molar-refractivity contribution in [3.63, 3.8) is 0 Å². The fourth-order valence-electron chi connectivity index (χ4n) is 1.13. The second-order valence-electron chi connectivity index (χ2n) is 3.78. The van der Waals surface area contributed by atoms with Gasteiger partial charge in [-0.3, -0.25) is 4.99 Å². The second-order valence-corrected chi connectivity index (χ2v) is 5.01. The number of carbonyl (C=O) groups is 1. The van der Waals surface area contributed by atoms with E-state index in [0.29, 0.717) is 18.9 Å². The molecule has 0 bridgehead atoms. The van der Waals surface area contributed by atoms with Crippen molar-refractivity contribution in [2.75, 3.05) is 6.54 Å². The first-order chi connectivity index (χ1) is 6.99. The molecule has 2 unspecified atom stereocenters. The van der Waals surface area contributed by atoms with Gasteiger partial charge in [-0.25, -0.2) is 4.79 Å². The molecule has 0 spiro atoms. The highest BCUT2D eigenvalue weighted by Crippen LogP contribution is 2.25. The van der Waals surface area contributed by atoms with Gasteiger partial charge in [-0.2, -0.15) is 0 Å². The van der Waals surface area contributed by atoms with Gasteiger partial charge < -0.3 is 15.6 Å². The lowest BCUT2D eigenvalue weighted by molar-refractivity contribution is 0.0854. The van der Waals surface area contributed by atoms with E-state index in [1.54, 1.807) is 0 Å². The van der Waals surface area contributed by atoms with Crippen LogP contribution in [0.4, 0.5) is 4.79 Å². The van der Waals surface area contributed by atoms with Crippen LogP contribution in [0, 0.1) is 5.92 Å². The first-order valence-corrected chi connectivity index (χ1v) is 5.72. The Morgan fingerprint density at radius 1 is 1.80 bits per heavy atom. The van der Waals surface area contributed by atoms with E-state index >= 15 is 0 Å². The Morgan fingerprint density at radius 2 is 2.47 bits per heavy atom. The van der Waals surface area contributed by atoms with Gasteiger partial charge in [-0.15, -0.1) is 0 Å².